The van der Waals surface area contributed by atoms with Crippen LogP contribution in [0.15, 0.2) is 91.0 Å². The Balaban J connectivity index is 1.85. The number of likely N-dealkylation sites (tertiary alicyclic amines) is 1. The standard InChI is InChI=1S/C25H23NO2/c1-18-23(27)17-22(19-11-5-2-6-12-19)26(24(18)20-13-7-3-8-14-20)25(28)21-15-9-4-10-16-21/h2-16,18,22,24H,17H2,1H3. The van der Waals surface area contributed by atoms with Crippen molar-refractivity contribution in [2.45, 2.75) is 25.4 Å². The van der Waals surface area contributed by atoms with Crippen molar-refractivity contribution in [1.82, 2.24) is 4.90 Å². The summed E-state index contributed by atoms with van der Waals surface area (Å²) in [6.45, 7) is 1.94. The van der Waals surface area contributed by atoms with E-state index in [9.17, 15) is 9.59 Å². The van der Waals surface area contributed by atoms with Crippen LogP contribution in [0.4, 0.5) is 0 Å². The molecular formula is C25H23NO2. The van der Waals surface area contributed by atoms with Gasteiger partial charge in [0.15, 0.2) is 0 Å². The first-order chi connectivity index (χ1) is 13.7. The minimum Gasteiger partial charge on any atom is -0.323 e. The van der Waals surface area contributed by atoms with Gasteiger partial charge in [0.05, 0.1) is 12.1 Å². The second-order valence-electron chi connectivity index (χ2n) is 7.32. The number of Topliss-reactive ketones (excluding diaryl/α,β-unsaturated/α-hetero) is 1. The number of carbonyl (C=O) groups is 2. The van der Waals surface area contributed by atoms with E-state index in [1.54, 1.807) is 0 Å². The van der Waals surface area contributed by atoms with Crippen LogP contribution in [-0.2, 0) is 4.79 Å². The maximum Gasteiger partial charge on any atom is 0.254 e. The van der Waals surface area contributed by atoms with Gasteiger partial charge in [-0.05, 0) is 23.3 Å². The number of carbonyl (C=O) groups excluding carboxylic acids is 2. The second kappa shape index (κ2) is 7.81. The minimum absolute atomic E-state index is 0.0392. The van der Waals surface area contributed by atoms with Gasteiger partial charge >= 0.3 is 0 Å². The summed E-state index contributed by atoms with van der Waals surface area (Å²) in [6, 6.07) is 28.5. The quantitative estimate of drug-likeness (QED) is 0.635. The maximum atomic E-state index is 13.6. The SMILES string of the molecule is CC1C(=O)CC(c2ccccc2)N(C(=O)c2ccccc2)C1c1ccccc1. The van der Waals surface area contributed by atoms with Crippen molar-refractivity contribution in [2.24, 2.45) is 5.92 Å². The maximum absolute atomic E-state index is 13.6. The second-order valence-corrected chi connectivity index (χ2v) is 7.32. The molecule has 0 N–H and O–H groups in total. The van der Waals surface area contributed by atoms with E-state index in [4.69, 9.17) is 0 Å². The third-order valence-electron chi connectivity index (χ3n) is 5.59. The van der Waals surface area contributed by atoms with Gasteiger partial charge in [-0.1, -0.05) is 85.8 Å². The molecule has 3 aromatic carbocycles. The molecule has 28 heavy (non-hydrogen) atoms. The zero-order valence-corrected chi connectivity index (χ0v) is 15.9. The predicted octanol–water partition coefficient (Wildman–Crippen LogP) is 5.22. The molecule has 3 unspecified atom stereocenters. The number of nitrogens with zero attached hydrogens (tertiary/aromatic N) is 1. The Morgan fingerprint density at radius 3 is 1.86 bits per heavy atom. The highest BCUT2D eigenvalue weighted by Gasteiger charge is 2.44. The van der Waals surface area contributed by atoms with Gasteiger partial charge < -0.3 is 4.90 Å². The van der Waals surface area contributed by atoms with Crippen molar-refractivity contribution in [3.63, 3.8) is 0 Å². The Morgan fingerprint density at radius 1 is 0.786 bits per heavy atom. The fourth-order valence-corrected chi connectivity index (χ4v) is 4.14. The molecule has 0 spiro atoms. The average molecular weight is 369 g/mol. The van der Waals surface area contributed by atoms with Gasteiger partial charge in [0.2, 0.25) is 0 Å². The summed E-state index contributed by atoms with van der Waals surface area (Å²) in [5.74, 6) is -0.0995. The lowest BCUT2D eigenvalue weighted by Crippen LogP contribution is -2.47. The summed E-state index contributed by atoms with van der Waals surface area (Å²) in [4.78, 5) is 28.5. The first-order valence-electron chi connectivity index (χ1n) is 9.67. The molecule has 1 aliphatic rings. The molecule has 0 radical (unpaired) electrons. The molecule has 3 aromatic rings. The lowest BCUT2D eigenvalue weighted by molar-refractivity contribution is -0.129. The largest absolute Gasteiger partial charge is 0.323 e. The molecule has 3 nitrogen and oxygen atoms in total. The van der Waals surface area contributed by atoms with E-state index >= 15 is 0 Å². The van der Waals surface area contributed by atoms with Gasteiger partial charge in [-0.25, -0.2) is 0 Å². The van der Waals surface area contributed by atoms with Crippen LogP contribution in [0.1, 0.15) is 46.9 Å². The molecule has 1 aliphatic heterocycles. The van der Waals surface area contributed by atoms with Gasteiger partial charge in [0, 0.05) is 17.9 Å². The lowest BCUT2D eigenvalue weighted by atomic mass is 9.79. The van der Waals surface area contributed by atoms with Gasteiger partial charge in [0.1, 0.15) is 5.78 Å². The molecule has 1 amide bonds. The number of hydrogen-bond acceptors (Lipinski definition) is 2. The van der Waals surface area contributed by atoms with Crippen LogP contribution in [-0.4, -0.2) is 16.6 Å². The van der Waals surface area contributed by atoms with E-state index < -0.39 is 0 Å². The molecule has 0 aromatic heterocycles. The molecular weight excluding hydrogens is 346 g/mol. The Morgan fingerprint density at radius 2 is 1.29 bits per heavy atom. The Bertz CT molecular complexity index is 954. The normalized spacial score (nSPS) is 22.1. The zero-order valence-electron chi connectivity index (χ0n) is 15.9. The Hall–Kier alpha value is -3.20. The zero-order chi connectivity index (χ0) is 19.5. The minimum atomic E-state index is -0.291. The van der Waals surface area contributed by atoms with Crippen molar-refractivity contribution < 1.29 is 9.59 Å². The first kappa shape index (κ1) is 18.2. The van der Waals surface area contributed by atoms with Gasteiger partial charge in [-0.3, -0.25) is 9.59 Å². The molecule has 1 heterocycles. The Kier molecular flexibility index (Phi) is 5.07. The lowest BCUT2D eigenvalue weighted by Gasteiger charge is -2.45. The molecule has 0 saturated carbocycles. The molecule has 140 valence electrons. The third-order valence-corrected chi connectivity index (χ3v) is 5.59. The van der Waals surface area contributed by atoms with Gasteiger partial charge in [-0.15, -0.1) is 0 Å². The van der Waals surface area contributed by atoms with Crippen molar-refractivity contribution >= 4 is 11.7 Å². The summed E-state index contributed by atoms with van der Waals surface area (Å²) in [6.07, 6.45) is 0.340. The third kappa shape index (κ3) is 3.36. The monoisotopic (exact) mass is 369 g/mol. The molecule has 1 fully saturated rings. The van der Waals surface area contributed by atoms with Crippen molar-refractivity contribution in [3.8, 4) is 0 Å². The predicted molar refractivity (Wildman–Crippen MR) is 110 cm³/mol. The highest BCUT2D eigenvalue weighted by Crippen LogP contribution is 2.44. The fraction of sp³-hybridized carbons (Fsp3) is 0.200. The number of benzene rings is 3. The smallest absolute Gasteiger partial charge is 0.254 e. The van der Waals surface area contributed by atoms with E-state index in [0.29, 0.717) is 12.0 Å². The highest BCUT2D eigenvalue weighted by atomic mass is 16.2. The van der Waals surface area contributed by atoms with E-state index in [1.165, 1.54) is 0 Å². The first-order valence-corrected chi connectivity index (χ1v) is 9.67. The summed E-state index contributed by atoms with van der Waals surface area (Å²) in [5.41, 5.74) is 2.63. The van der Waals surface area contributed by atoms with E-state index in [-0.39, 0.29) is 29.7 Å². The molecule has 3 heteroatoms. The van der Waals surface area contributed by atoms with Crippen LogP contribution >= 0.6 is 0 Å². The Labute approximate surface area is 165 Å². The molecule has 0 aliphatic carbocycles. The fourth-order valence-electron chi connectivity index (χ4n) is 4.14. The van der Waals surface area contributed by atoms with Crippen LogP contribution < -0.4 is 0 Å². The molecule has 3 atom stereocenters. The average Bonchev–Trinajstić information content (AvgIpc) is 2.76. The summed E-state index contributed by atoms with van der Waals surface area (Å²) in [5, 5.41) is 0. The number of piperidine rings is 1. The molecule has 0 bridgehead atoms. The van der Waals surface area contributed by atoms with Crippen molar-refractivity contribution in [3.05, 3.63) is 108 Å². The van der Waals surface area contributed by atoms with Crippen LogP contribution in [0, 0.1) is 5.92 Å². The number of rotatable bonds is 3. The summed E-state index contributed by atoms with van der Waals surface area (Å²) >= 11 is 0. The highest BCUT2D eigenvalue weighted by molar-refractivity contribution is 5.96. The number of amides is 1. The van der Waals surface area contributed by atoms with Crippen LogP contribution in [0.5, 0.6) is 0 Å². The van der Waals surface area contributed by atoms with Crippen LogP contribution in [0.3, 0.4) is 0 Å². The van der Waals surface area contributed by atoms with Gasteiger partial charge in [-0.2, -0.15) is 0 Å². The van der Waals surface area contributed by atoms with E-state index in [0.717, 1.165) is 11.1 Å². The molecule has 4 rings (SSSR count). The number of ketones is 1. The molecule has 1 saturated heterocycles. The van der Waals surface area contributed by atoms with Crippen molar-refractivity contribution in [1.29, 1.82) is 0 Å². The van der Waals surface area contributed by atoms with Crippen LogP contribution in [0.2, 0.25) is 0 Å². The number of hydrogen-bond donors (Lipinski definition) is 0. The van der Waals surface area contributed by atoms with Crippen LogP contribution in [0.25, 0.3) is 0 Å². The van der Waals surface area contributed by atoms with Gasteiger partial charge in [0.25, 0.3) is 5.91 Å². The van der Waals surface area contributed by atoms with E-state index in [1.807, 2.05) is 103 Å². The van der Waals surface area contributed by atoms with E-state index in [2.05, 4.69) is 0 Å². The summed E-state index contributed by atoms with van der Waals surface area (Å²) in [7, 11) is 0. The summed E-state index contributed by atoms with van der Waals surface area (Å²) < 4.78 is 0. The topological polar surface area (TPSA) is 37.4 Å². The van der Waals surface area contributed by atoms with Crippen molar-refractivity contribution in [2.75, 3.05) is 0 Å².